The minimum Gasteiger partial charge on any atom is -0.309 e. The van der Waals surface area contributed by atoms with E-state index in [1.54, 1.807) is 0 Å². The number of nitrogens with zero attached hydrogens (tertiary/aromatic N) is 1. The van der Waals surface area contributed by atoms with E-state index < -0.39 is 0 Å². The van der Waals surface area contributed by atoms with Crippen LogP contribution < -0.4 is 4.90 Å². The van der Waals surface area contributed by atoms with Crippen LogP contribution in [0.3, 0.4) is 0 Å². The fraction of sp³-hybridized carbons (Fsp3) is 0.0213. The van der Waals surface area contributed by atoms with Crippen LogP contribution >= 0.6 is 0 Å². The predicted octanol–water partition coefficient (Wildman–Crippen LogP) is 12.3. The average molecular weight is 610 g/mol. The largest absolute Gasteiger partial charge is 0.309 e. The molecule has 0 aromatic heterocycles. The van der Waals surface area contributed by atoms with Gasteiger partial charge in [0.05, 0.1) is 16.8 Å². The zero-order chi connectivity index (χ0) is 31.7. The van der Waals surface area contributed by atoms with Gasteiger partial charge in [-0.1, -0.05) is 164 Å². The number of hydrogen-bond acceptors (Lipinski definition) is 1. The summed E-state index contributed by atoms with van der Waals surface area (Å²) < 4.78 is 0. The monoisotopic (exact) mass is 609 g/mol. The SMILES string of the molecule is c1ccc(-c2ccccc2N(c2ccccc2)c2cccc3c4c(ccc23)C2(c3ccccc3-c3ccccc32)c2ccccc2-4)cc1. The molecule has 48 heavy (non-hydrogen) atoms. The molecule has 1 heteroatoms. The van der Waals surface area contributed by atoms with E-state index in [1.165, 1.54) is 66.4 Å². The van der Waals surface area contributed by atoms with Gasteiger partial charge in [-0.3, -0.25) is 0 Å². The molecular weight excluding hydrogens is 579 g/mol. The standard InChI is InChI=1S/C47H31N/c1-3-16-32(17-4-1)34-20-10-14-28-44(34)48(33-18-5-2-6-19-33)45-29-15-24-38-37(45)30-31-43-46(38)39-23-9-13-27-42(39)47(43)40-25-11-7-21-35(40)36-22-8-12-26-41(36)47/h1-31H. The molecular formula is C47H31N. The second-order valence-corrected chi connectivity index (χ2v) is 12.8. The molecule has 10 rings (SSSR count). The van der Waals surface area contributed by atoms with E-state index in [9.17, 15) is 0 Å². The van der Waals surface area contributed by atoms with Crippen molar-refractivity contribution < 1.29 is 0 Å². The lowest BCUT2D eigenvalue weighted by Crippen LogP contribution is -2.25. The Morgan fingerprint density at radius 2 is 0.833 bits per heavy atom. The molecule has 0 fully saturated rings. The van der Waals surface area contributed by atoms with Crippen LogP contribution in [-0.2, 0) is 5.41 Å². The Labute approximate surface area is 281 Å². The van der Waals surface area contributed by atoms with Gasteiger partial charge in [0.15, 0.2) is 0 Å². The maximum absolute atomic E-state index is 2.44. The molecule has 8 aromatic rings. The Bertz CT molecular complexity index is 2470. The first-order valence-corrected chi connectivity index (χ1v) is 16.7. The molecule has 1 nitrogen and oxygen atoms in total. The van der Waals surface area contributed by atoms with Crippen LogP contribution in [-0.4, -0.2) is 0 Å². The van der Waals surface area contributed by atoms with Gasteiger partial charge in [-0.2, -0.15) is 0 Å². The smallest absolute Gasteiger partial charge is 0.0725 e. The molecule has 0 radical (unpaired) electrons. The maximum Gasteiger partial charge on any atom is 0.0725 e. The molecule has 2 aliphatic carbocycles. The molecule has 1 spiro atoms. The van der Waals surface area contributed by atoms with Crippen molar-refractivity contribution in [3.8, 4) is 33.4 Å². The predicted molar refractivity (Wildman–Crippen MR) is 200 cm³/mol. The fourth-order valence-electron chi connectivity index (χ4n) is 8.64. The summed E-state index contributed by atoms with van der Waals surface area (Å²) >= 11 is 0. The molecule has 0 aliphatic heterocycles. The first-order valence-electron chi connectivity index (χ1n) is 16.7. The highest BCUT2D eigenvalue weighted by atomic mass is 15.1. The normalized spacial score (nSPS) is 13.2. The van der Waals surface area contributed by atoms with Gasteiger partial charge < -0.3 is 4.90 Å². The Morgan fingerprint density at radius 3 is 1.52 bits per heavy atom. The van der Waals surface area contributed by atoms with Gasteiger partial charge in [0, 0.05) is 16.6 Å². The molecule has 0 atom stereocenters. The van der Waals surface area contributed by atoms with Crippen LogP contribution in [0.2, 0.25) is 0 Å². The molecule has 0 saturated carbocycles. The summed E-state index contributed by atoms with van der Waals surface area (Å²) in [6.07, 6.45) is 0. The Hall–Kier alpha value is -6.18. The second-order valence-electron chi connectivity index (χ2n) is 12.8. The Kier molecular flexibility index (Phi) is 5.86. The first-order chi connectivity index (χ1) is 23.9. The summed E-state index contributed by atoms with van der Waals surface area (Å²) in [7, 11) is 0. The van der Waals surface area contributed by atoms with Crippen molar-refractivity contribution >= 4 is 27.8 Å². The van der Waals surface area contributed by atoms with Crippen molar-refractivity contribution in [2.75, 3.05) is 4.90 Å². The summed E-state index contributed by atoms with van der Waals surface area (Å²) in [6, 6.07) is 69.0. The summed E-state index contributed by atoms with van der Waals surface area (Å²) in [4.78, 5) is 2.44. The molecule has 224 valence electrons. The third-order valence-corrected chi connectivity index (χ3v) is 10.5. The van der Waals surface area contributed by atoms with E-state index in [0.29, 0.717) is 0 Å². The van der Waals surface area contributed by atoms with Crippen LogP contribution in [0.25, 0.3) is 44.2 Å². The summed E-state index contributed by atoms with van der Waals surface area (Å²) in [5.41, 5.74) is 16.3. The van der Waals surface area contributed by atoms with Crippen LogP contribution in [0.5, 0.6) is 0 Å². The highest BCUT2D eigenvalue weighted by Gasteiger charge is 2.51. The van der Waals surface area contributed by atoms with Crippen LogP contribution in [0.15, 0.2) is 188 Å². The van der Waals surface area contributed by atoms with Gasteiger partial charge in [-0.05, 0) is 79.7 Å². The minimum atomic E-state index is -0.359. The van der Waals surface area contributed by atoms with E-state index in [4.69, 9.17) is 0 Å². The summed E-state index contributed by atoms with van der Waals surface area (Å²) in [5.74, 6) is 0. The molecule has 0 bridgehead atoms. The van der Waals surface area contributed by atoms with E-state index in [0.717, 1.165) is 17.1 Å². The third-order valence-electron chi connectivity index (χ3n) is 10.5. The number of fused-ring (bicyclic) bond motifs is 12. The lowest BCUT2D eigenvalue weighted by atomic mass is 9.70. The van der Waals surface area contributed by atoms with Crippen molar-refractivity contribution in [1.29, 1.82) is 0 Å². The Morgan fingerprint density at radius 1 is 0.312 bits per heavy atom. The van der Waals surface area contributed by atoms with E-state index in [2.05, 4.69) is 193 Å². The van der Waals surface area contributed by atoms with Gasteiger partial charge in [0.25, 0.3) is 0 Å². The summed E-state index contributed by atoms with van der Waals surface area (Å²) in [6.45, 7) is 0. The number of para-hydroxylation sites is 2. The molecule has 0 saturated heterocycles. The molecule has 2 aliphatic rings. The molecule has 0 N–H and O–H groups in total. The van der Waals surface area contributed by atoms with Crippen molar-refractivity contribution in [3.63, 3.8) is 0 Å². The van der Waals surface area contributed by atoms with Gasteiger partial charge in [-0.15, -0.1) is 0 Å². The van der Waals surface area contributed by atoms with Gasteiger partial charge >= 0.3 is 0 Å². The molecule has 0 unspecified atom stereocenters. The quantitative estimate of drug-likeness (QED) is 0.192. The van der Waals surface area contributed by atoms with Gasteiger partial charge in [0.2, 0.25) is 0 Å². The third kappa shape index (κ3) is 3.62. The van der Waals surface area contributed by atoms with E-state index >= 15 is 0 Å². The maximum atomic E-state index is 2.44. The number of hydrogen-bond donors (Lipinski definition) is 0. The zero-order valence-corrected chi connectivity index (χ0v) is 26.3. The highest BCUT2D eigenvalue weighted by Crippen LogP contribution is 2.64. The van der Waals surface area contributed by atoms with Crippen molar-refractivity contribution in [3.05, 3.63) is 210 Å². The summed E-state index contributed by atoms with van der Waals surface area (Å²) in [5, 5.41) is 2.50. The highest BCUT2D eigenvalue weighted by molar-refractivity contribution is 6.11. The zero-order valence-electron chi connectivity index (χ0n) is 26.3. The van der Waals surface area contributed by atoms with Gasteiger partial charge in [0.1, 0.15) is 0 Å². The molecule has 0 heterocycles. The number of anilines is 3. The fourth-order valence-corrected chi connectivity index (χ4v) is 8.64. The minimum absolute atomic E-state index is 0.359. The van der Waals surface area contributed by atoms with Crippen LogP contribution in [0, 0.1) is 0 Å². The van der Waals surface area contributed by atoms with Crippen molar-refractivity contribution in [2.24, 2.45) is 0 Å². The number of rotatable bonds is 4. The lowest BCUT2D eigenvalue weighted by molar-refractivity contribution is 0.794. The van der Waals surface area contributed by atoms with Gasteiger partial charge in [-0.25, -0.2) is 0 Å². The van der Waals surface area contributed by atoms with E-state index in [-0.39, 0.29) is 5.41 Å². The molecule has 8 aromatic carbocycles. The first kappa shape index (κ1) is 27.0. The van der Waals surface area contributed by atoms with E-state index in [1.807, 2.05) is 0 Å². The van der Waals surface area contributed by atoms with Crippen molar-refractivity contribution in [2.45, 2.75) is 5.41 Å². The average Bonchev–Trinajstić information content (AvgIpc) is 3.64. The topological polar surface area (TPSA) is 3.24 Å². The Balaban J connectivity index is 1.28. The van der Waals surface area contributed by atoms with Crippen molar-refractivity contribution in [1.82, 2.24) is 0 Å². The number of benzene rings is 8. The van der Waals surface area contributed by atoms with Crippen LogP contribution in [0.1, 0.15) is 22.3 Å². The van der Waals surface area contributed by atoms with Crippen LogP contribution in [0.4, 0.5) is 17.1 Å². The lowest BCUT2D eigenvalue weighted by Gasteiger charge is -2.31. The second kappa shape index (κ2) is 10.4. The molecule has 0 amide bonds.